The molecule has 13 heteroatoms. The molecule has 2 heterocycles. The third-order valence-corrected chi connectivity index (χ3v) is 6.48. The fourth-order valence-electron chi connectivity index (χ4n) is 4.48. The second-order valence-corrected chi connectivity index (χ2v) is 9.35. The minimum atomic E-state index is -1.25. The zero-order valence-corrected chi connectivity index (χ0v) is 22.0. The van der Waals surface area contributed by atoms with Crippen LogP contribution in [0.2, 0.25) is 0 Å². The topological polar surface area (TPSA) is 220 Å². The first-order chi connectivity index (χ1) is 19.5. The number of phenols is 1. The molecule has 0 unspecified atom stereocenters. The van der Waals surface area contributed by atoms with Gasteiger partial charge in [-0.05, 0) is 54.8 Å². The number of benzene rings is 3. The highest BCUT2D eigenvalue weighted by molar-refractivity contribution is 6.09. The van der Waals surface area contributed by atoms with Gasteiger partial charge < -0.3 is 36.7 Å². The van der Waals surface area contributed by atoms with Gasteiger partial charge in [0, 0.05) is 47.3 Å². The smallest absolute Gasteiger partial charge is 0.336 e. The lowest BCUT2D eigenvalue weighted by atomic mass is 9.88. The molecule has 0 saturated heterocycles. The Balaban J connectivity index is 1.51. The summed E-state index contributed by atoms with van der Waals surface area (Å²) in [7, 11) is 0. The van der Waals surface area contributed by atoms with Gasteiger partial charge in [0.2, 0.25) is 17.8 Å². The average Bonchev–Trinajstić information content (AvgIpc) is 2.91. The van der Waals surface area contributed by atoms with Crippen LogP contribution in [0.5, 0.6) is 5.75 Å². The number of carboxylic acids is 1. The lowest BCUT2D eigenvalue weighted by Gasteiger charge is -2.18. The molecule has 5 rings (SSSR count). The number of fused-ring (bicyclic) bond motifs is 2. The molecule has 0 spiro atoms. The van der Waals surface area contributed by atoms with E-state index in [9.17, 15) is 24.6 Å². The fraction of sp³-hybridized carbons (Fsp3) is 0.143. The van der Waals surface area contributed by atoms with Gasteiger partial charge in [-0.2, -0.15) is 15.0 Å². The zero-order valence-electron chi connectivity index (χ0n) is 22.0. The second kappa shape index (κ2) is 10.4. The molecule has 13 nitrogen and oxygen atoms in total. The lowest BCUT2D eigenvalue weighted by molar-refractivity contribution is 0.0697. The molecule has 3 aromatic rings. The largest absolute Gasteiger partial charge is 0.508 e. The van der Waals surface area contributed by atoms with Crippen LogP contribution >= 0.6 is 0 Å². The molecule has 0 radical (unpaired) electrons. The molecule has 8 N–H and O–H groups in total. The SMILES string of the molecule is Cc1cc2c(-c3ccc(C(=O)NCCNc4nc(N)nc(N)n4)cc3C(=O)O)c3cc(C)c(=O)cc-3oc2cc1O. The predicted molar refractivity (Wildman–Crippen MR) is 152 cm³/mol. The number of carbonyl (C=O) groups is 2. The van der Waals surface area contributed by atoms with Crippen LogP contribution < -0.4 is 27.5 Å². The van der Waals surface area contributed by atoms with E-state index in [1.807, 2.05) is 0 Å². The van der Waals surface area contributed by atoms with Crippen molar-refractivity contribution in [3.05, 3.63) is 74.9 Å². The zero-order chi connectivity index (χ0) is 29.4. The highest BCUT2D eigenvalue weighted by Gasteiger charge is 2.24. The van der Waals surface area contributed by atoms with Gasteiger partial charge >= 0.3 is 5.97 Å². The summed E-state index contributed by atoms with van der Waals surface area (Å²) in [6.45, 7) is 3.75. The van der Waals surface area contributed by atoms with E-state index in [0.29, 0.717) is 33.2 Å². The minimum Gasteiger partial charge on any atom is -0.508 e. The Labute approximate surface area is 232 Å². The van der Waals surface area contributed by atoms with Crippen molar-refractivity contribution in [2.45, 2.75) is 13.8 Å². The molecule has 1 aliphatic heterocycles. The van der Waals surface area contributed by atoms with E-state index in [2.05, 4.69) is 25.6 Å². The van der Waals surface area contributed by atoms with Crippen LogP contribution in [0.3, 0.4) is 0 Å². The van der Waals surface area contributed by atoms with Crippen LogP contribution in [0, 0.1) is 13.8 Å². The fourth-order valence-corrected chi connectivity index (χ4v) is 4.48. The summed E-state index contributed by atoms with van der Waals surface area (Å²) in [5.74, 6) is -1.47. The van der Waals surface area contributed by atoms with Crippen molar-refractivity contribution in [3.63, 3.8) is 0 Å². The molecule has 1 aromatic heterocycles. The third kappa shape index (κ3) is 5.28. The highest BCUT2D eigenvalue weighted by atomic mass is 16.4. The number of amides is 1. The van der Waals surface area contributed by atoms with Gasteiger partial charge in [-0.1, -0.05) is 6.07 Å². The summed E-state index contributed by atoms with van der Waals surface area (Å²) in [6, 6.07) is 10.4. The van der Waals surface area contributed by atoms with Crippen LogP contribution in [0.15, 0.2) is 51.7 Å². The number of aromatic nitrogens is 3. The van der Waals surface area contributed by atoms with Gasteiger partial charge in [-0.25, -0.2) is 4.79 Å². The van der Waals surface area contributed by atoms with E-state index < -0.39 is 11.9 Å². The number of nitrogens with two attached hydrogens (primary N) is 2. The molecular formula is C28H25N7O6. The van der Waals surface area contributed by atoms with E-state index in [4.69, 9.17) is 15.9 Å². The molecule has 2 aromatic carbocycles. The molecule has 1 aliphatic carbocycles. The maximum Gasteiger partial charge on any atom is 0.336 e. The Bertz CT molecular complexity index is 1860. The third-order valence-electron chi connectivity index (χ3n) is 6.48. The number of anilines is 3. The van der Waals surface area contributed by atoms with Crippen molar-refractivity contribution >= 4 is 40.7 Å². The lowest BCUT2D eigenvalue weighted by Crippen LogP contribution is -2.29. The van der Waals surface area contributed by atoms with Crippen LogP contribution in [-0.2, 0) is 0 Å². The summed E-state index contributed by atoms with van der Waals surface area (Å²) in [5, 5.41) is 26.6. The average molecular weight is 556 g/mol. The van der Waals surface area contributed by atoms with Gasteiger partial charge in [0.1, 0.15) is 17.1 Å². The molecule has 2 aliphatic rings. The molecule has 208 valence electrons. The van der Waals surface area contributed by atoms with Crippen LogP contribution in [0.4, 0.5) is 17.8 Å². The van der Waals surface area contributed by atoms with Gasteiger partial charge in [0.25, 0.3) is 5.91 Å². The van der Waals surface area contributed by atoms with Crippen molar-refractivity contribution in [2.24, 2.45) is 0 Å². The van der Waals surface area contributed by atoms with Gasteiger partial charge in [-0.3, -0.25) is 9.59 Å². The normalized spacial score (nSPS) is 11.1. The van der Waals surface area contributed by atoms with Crippen LogP contribution in [0.1, 0.15) is 31.8 Å². The quantitative estimate of drug-likeness (QED) is 0.126. The summed E-state index contributed by atoms with van der Waals surface area (Å²) >= 11 is 0. The van der Waals surface area contributed by atoms with E-state index in [1.165, 1.54) is 24.3 Å². The summed E-state index contributed by atoms with van der Waals surface area (Å²) in [5.41, 5.74) is 13.4. The Hall–Kier alpha value is -5.72. The number of nitrogens with one attached hydrogen (secondary N) is 2. The van der Waals surface area contributed by atoms with Gasteiger partial charge in [-0.15, -0.1) is 0 Å². The number of carboxylic acid groups (broad SMARTS) is 1. The van der Waals surface area contributed by atoms with Crippen molar-refractivity contribution in [1.29, 1.82) is 0 Å². The van der Waals surface area contributed by atoms with Crippen molar-refractivity contribution in [2.75, 3.05) is 29.9 Å². The number of aromatic carboxylic acids is 1. The van der Waals surface area contributed by atoms with Gasteiger partial charge in [0.05, 0.1) is 5.56 Å². The molecule has 41 heavy (non-hydrogen) atoms. The molecule has 0 fully saturated rings. The maximum absolute atomic E-state index is 12.9. The van der Waals surface area contributed by atoms with E-state index in [1.54, 1.807) is 32.0 Å². The standard InChI is InChI=1S/C28H25N7O6/c1-12-7-17-21(10-19(12)36)41-22-11-20(37)13(2)8-18(22)23(17)15-4-3-14(9-16(15)25(39)40)24(38)31-5-6-32-28-34-26(29)33-27(30)35-28/h3-4,7-11,36H,5-6H2,1-2H3,(H,31,38)(H,39,40)(H5,29,30,32,33,34,35). The Morgan fingerprint density at radius 3 is 2.37 bits per heavy atom. The minimum absolute atomic E-state index is 0.0107. The summed E-state index contributed by atoms with van der Waals surface area (Å²) in [6.07, 6.45) is 0. The monoisotopic (exact) mass is 555 g/mol. The molecule has 0 bridgehead atoms. The first-order valence-corrected chi connectivity index (χ1v) is 12.4. The molecule has 1 amide bonds. The Kier molecular flexibility index (Phi) is 6.85. The molecule has 0 saturated carbocycles. The summed E-state index contributed by atoms with van der Waals surface area (Å²) < 4.78 is 5.94. The number of phenolic OH excluding ortho intramolecular Hbond substituents is 1. The first-order valence-electron chi connectivity index (χ1n) is 12.4. The second-order valence-electron chi connectivity index (χ2n) is 9.35. The molecular weight excluding hydrogens is 530 g/mol. The number of nitrogens with zero attached hydrogens (tertiary/aromatic N) is 3. The number of hydrogen-bond donors (Lipinski definition) is 6. The van der Waals surface area contributed by atoms with Crippen molar-refractivity contribution < 1.29 is 24.2 Å². The first kappa shape index (κ1) is 26.9. The van der Waals surface area contributed by atoms with Crippen molar-refractivity contribution in [1.82, 2.24) is 20.3 Å². The van der Waals surface area contributed by atoms with Crippen LogP contribution in [0.25, 0.3) is 33.4 Å². The van der Waals surface area contributed by atoms with Crippen molar-refractivity contribution in [3.8, 4) is 28.2 Å². The Morgan fingerprint density at radius 2 is 1.66 bits per heavy atom. The van der Waals surface area contributed by atoms with E-state index in [0.717, 1.165) is 0 Å². The number of aromatic hydroxyl groups is 1. The molecule has 0 atom stereocenters. The Morgan fingerprint density at radius 1 is 0.927 bits per heavy atom. The highest BCUT2D eigenvalue weighted by Crippen LogP contribution is 2.43. The van der Waals surface area contributed by atoms with Gasteiger partial charge in [0.15, 0.2) is 5.43 Å². The predicted octanol–water partition coefficient (Wildman–Crippen LogP) is 2.78. The van der Waals surface area contributed by atoms with Crippen LogP contribution in [-0.4, -0.2) is 50.1 Å². The van der Waals surface area contributed by atoms with E-state index in [-0.39, 0.29) is 64.6 Å². The maximum atomic E-state index is 12.9. The number of rotatable bonds is 7. The number of aryl methyl sites for hydroxylation is 2. The van der Waals surface area contributed by atoms with E-state index >= 15 is 0 Å². The summed E-state index contributed by atoms with van der Waals surface area (Å²) in [4.78, 5) is 49.2. The number of carbonyl (C=O) groups excluding carboxylic acids is 1. The number of hydrogen-bond acceptors (Lipinski definition) is 11. The number of nitrogen functional groups attached to an aromatic ring is 2.